The lowest BCUT2D eigenvalue weighted by Gasteiger charge is -2.12. The molecular formula is C17H21NO2. The van der Waals surface area contributed by atoms with E-state index in [9.17, 15) is 0 Å². The highest BCUT2D eigenvalue weighted by Crippen LogP contribution is 2.22. The summed E-state index contributed by atoms with van der Waals surface area (Å²) in [6, 6.07) is 13.8. The lowest BCUT2D eigenvalue weighted by Crippen LogP contribution is -2.05. The highest BCUT2D eigenvalue weighted by Gasteiger charge is 2.04. The second kappa shape index (κ2) is 6.55. The first-order chi connectivity index (χ1) is 9.60. The largest absolute Gasteiger partial charge is 0.489 e. The van der Waals surface area contributed by atoms with Gasteiger partial charge in [0.05, 0.1) is 6.61 Å². The first-order valence-electron chi connectivity index (χ1n) is 6.77. The first kappa shape index (κ1) is 14.6. The van der Waals surface area contributed by atoms with E-state index in [1.165, 1.54) is 0 Å². The van der Waals surface area contributed by atoms with Crippen LogP contribution >= 0.6 is 0 Å². The summed E-state index contributed by atoms with van der Waals surface area (Å²) in [5, 5.41) is 9.00. The van der Waals surface area contributed by atoms with Gasteiger partial charge in [0.1, 0.15) is 12.4 Å². The van der Waals surface area contributed by atoms with Crippen LogP contribution in [0.2, 0.25) is 0 Å². The van der Waals surface area contributed by atoms with Gasteiger partial charge in [-0.3, -0.25) is 0 Å². The Hall–Kier alpha value is -1.84. The van der Waals surface area contributed by atoms with Crippen molar-refractivity contribution in [1.29, 1.82) is 0 Å². The molecule has 2 aromatic rings. The van der Waals surface area contributed by atoms with Crippen molar-refractivity contribution in [3.8, 4) is 5.75 Å². The minimum Gasteiger partial charge on any atom is -0.489 e. The molecule has 0 amide bonds. The summed E-state index contributed by atoms with van der Waals surface area (Å²) in [7, 11) is 0. The predicted octanol–water partition coefficient (Wildman–Crippen LogP) is 3.09. The molecule has 20 heavy (non-hydrogen) atoms. The number of hydrogen-bond acceptors (Lipinski definition) is 3. The fourth-order valence-corrected chi connectivity index (χ4v) is 2.02. The van der Waals surface area contributed by atoms with Gasteiger partial charge >= 0.3 is 0 Å². The molecule has 3 N–H and O–H groups in total. The maximum atomic E-state index is 9.00. The Kier molecular flexibility index (Phi) is 4.77. The summed E-state index contributed by atoms with van der Waals surface area (Å²) < 4.78 is 5.83. The number of aliphatic hydroxyl groups is 1. The zero-order valence-electron chi connectivity index (χ0n) is 12.0. The third-order valence-electron chi connectivity index (χ3n) is 3.32. The third-order valence-corrected chi connectivity index (χ3v) is 3.32. The van der Waals surface area contributed by atoms with Crippen molar-refractivity contribution >= 4 is 0 Å². The molecule has 0 unspecified atom stereocenters. The molecule has 1 atom stereocenters. The van der Waals surface area contributed by atoms with Crippen LogP contribution in [0.1, 0.15) is 35.2 Å². The van der Waals surface area contributed by atoms with Crippen molar-refractivity contribution in [3.63, 3.8) is 0 Å². The van der Waals surface area contributed by atoms with Crippen LogP contribution in [0.4, 0.5) is 0 Å². The van der Waals surface area contributed by atoms with Crippen molar-refractivity contribution < 1.29 is 9.84 Å². The topological polar surface area (TPSA) is 55.5 Å². The molecule has 2 rings (SSSR count). The number of nitrogens with two attached hydrogens (primary N) is 1. The van der Waals surface area contributed by atoms with E-state index in [4.69, 9.17) is 15.6 Å². The average molecular weight is 271 g/mol. The average Bonchev–Trinajstić information content (AvgIpc) is 2.46. The molecule has 0 aliphatic carbocycles. The number of aryl methyl sites for hydroxylation is 1. The minimum atomic E-state index is 0.0359. The molecule has 0 radical (unpaired) electrons. The van der Waals surface area contributed by atoms with E-state index in [0.29, 0.717) is 6.61 Å². The molecule has 0 bridgehead atoms. The van der Waals surface area contributed by atoms with E-state index >= 15 is 0 Å². The summed E-state index contributed by atoms with van der Waals surface area (Å²) in [6.45, 7) is 4.58. The van der Waals surface area contributed by atoms with Crippen molar-refractivity contribution in [2.24, 2.45) is 5.73 Å². The summed E-state index contributed by atoms with van der Waals surface area (Å²) in [6.07, 6.45) is 0. The van der Waals surface area contributed by atoms with Crippen LogP contribution in [0.15, 0.2) is 42.5 Å². The van der Waals surface area contributed by atoms with E-state index < -0.39 is 0 Å². The first-order valence-corrected chi connectivity index (χ1v) is 6.77. The van der Waals surface area contributed by atoms with E-state index in [0.717, 1.165) is 28.0 Å². The standard InChI is InChI=1S/C17H21NO2/c1-12-9-16(13(2)18)7-8-17(12)20-11-15-5-3-14(10-19)4-6-15/h3-9,13,19H,10-11,18H2,1-2H3/t13-/m0/s1. The monoisotopic (exact) mass is 271 g/mol. The van der Waals surface area contributed by atoms with Crippen LogP contribution in [0, 0.1) is 6.92 Å². The Morgan fingerprint density at radius 3 is 2.30 bits per heavy atom. The Labute approximate surface area is 120 Å². The molecule has 2 aromatic carbocycles. The molecule has 0 spiro atoms. The molecule has 3 heteroatoms. The number of benzene rings is 2. The van der Waals surface area contributed by atoms with Gasteiger partial charge in [0.15, 0.2) is 0 Å². The molecule has 0 aliphatic rings. The molecule has 0 saturated carbocycles. The van der Waals surface area contributed by atoms with Gasteiger partial charge in [-0.05, 0) is 42.2 Å². The van der Waals surface area contributed by atoms with Crippen LogP contribution < -0.4 is 10.5 Å². The van der Waals surface area contributed by atoms with Gasteiger partial charge in [-0.2, -0.15) is 0 Å². The van der Waals surface area contributed by atoms with Crippen LogP contribution in [-0.2, 0) is 13.2 Å². The molecular weight excluding hydrogens is 250 g/mol. The van der Waals surface area contributed by atoms with Crippen molar-refractivity contribution in [1.82, 2.24) is 0 Å². The third kappa shape index (κ3) is 3.59. The van der Waals surface area contributed by atoms with Crippen molar-refractivity contribution in [3.05, 3.63) is 64.7 Å². The van der Waals surface area contributed by atoms with Gasteiger partial charge in [-0.25, -0.2) is 0 Å². The molecule has 3 nitrogen and oxygen atoms in total. The van der Waals surface area contributed by atoms with Gasteiger partial charge in [0, 0.05) is 6.04 Å². The number of rotatable bonds is 5. The second-order valence-electron chi connectivity index (χ2n) is 5.08. The lowest BCUT2D eigenvalue weighted by molar-refractivity contribution is 0.281. The Morgan fingerprint density at radius 2 is 1.75 bits per heavy atom. The molecule has 0 fully saturated rings. The van der Waals surface area contributed by atoms with E-state index in [2.05, 4.69) is 6.07 Å². The fraction of sp³-hybridized carbons (Fsp3) is 0.294. The number of aliphatic hydroxyl groups excluding tert-OH is 1. The van der Waals surface area contributed by atoms with Crippen molar-refractivity contribution in [2.75, 3.05) is 0 Å². The summed E-state index contributed by atoms with van der Waals surface area (Å²) >= 11 is 0. The molecule has 0 heterocycles. The van der Waals surface area contributed by atoms with Gasteiger partial charge in [-0.15, -0.1) is 0 Å². The maximum Gasteiger partial charge on any atom is 0.122 e. The maximum absolute atomic E-state index is 9.00. The number of hydrogen-bond donors (Lipinski definition) is 2. The fourth-order valence-electron chi connectivity index (χ4n) is 2.02. The number of ether oxygens (including phenoxy) is 1. The van der Waals surface area contributed by atoms with Gasteiger partial charge in [0.2, 0.25) is 0 Å². The quantitative estimate of drug-likeness (QED) is 0.878. The predicted molar refractivity (Wildman–Crippen MR) is 80.5 cm³/mol. The van der Waals surface area contributed by atoms with Crippen LogP contribution in [0.5, 0.6) is 5.75 Å². The van der Waals surface area contributed by atoms with Crippen LogP contribution in [-0.4, -0.2) is 5.11 Å². The summed E-state index contributed by atoms with van der Waals surface area (Å²) in [5.74, 6) is 0.876. The Bertz CT molecular complexity index is 562. The smallest absolute Gasteiger partial charge is 0.122 e. The van der Waals surface area contributed by atoms with Gasteiger partial charge < -0.3 is 15.6 Å². The highest BCUT2D eigenvalue weighted by atomic mass is 16.5. The SMILES string of the molecule is Cc1cc([C@H](C)N)ccc1OCc1ccc(CO)cc1. The zero-order chi connectivity index (χ0) is 14.5. The van der Waals surface area contributed by atoms with Gasteiger partial charge in [0.25, 0.3) is 0 Å². The summed E-state index contributed by atoms with van der Waals surface area (Å²) in [4.78, 5) is 0. The zero-order valence-corrected chi connectivity index (χ0v) is 12.0. The summed E-state index contributed by atoms with van der Waals surface area (Å²) in [5.41, 5.74) is 10.1. The molecule has 0 aliphatic heterocycles. The normalized spacial score (nSPS) is 12.2. The molecule has 0 saturated heterocycles. The second-order valence-corrected chi connectivity index (χ2v) is 5.08. The highest BCUT2D eigenvalue weighted by molar-refractivity contribution is 5.37. The van der Waals surface area contributed by atoms with Crippen molar-refractivity contribution in [2.45, 2.75) is 33.1 Å². The van der Waals surface area contributed by atoms with Crippen LogP contribution in [0.25, 0.3) is 0 Å². The van der Waals surface area contributed by atoms with E-state index in [-0.39, 0.29) is 12.6 Å². The molecule has 106 valence electrons. The molecule has 0 aromatic heterocycles. The van der Waals surface area contributed by atoms with Crippen LogP contribution in [0.3, 0.4) is 0 Å². The van der Waals surface area contributed by atoms with E-state index in [1.54, 1.807) is 0 Å². The lowest BCUT2D eigenvalue weighted by atomic mass is 10.1. The Morgan fingerprint density at radius 1 is 1.10 bits per heavy atom. The Balaban J connectivity index is 2.03. The van der Waals surface area contributed by atoms with E-state index in [1.807, 2.05) is 50.2 Å². The van der Waals surface area contributed by atoms with Gasteiger partial charge in [-0.1, -0.05) is 36.4 Å². The minimum absolute atomic E-state index is 0.0359.